The second-order valence-corrected chi connectivity index (χ2v) is 6.45. The maximum absolute atomic E-state index is 13.7. The Hall–Kier alpha value is -3.12. The molecule has 6 heteroatoms. The van der Waals surface area contributed by atoms with E-state index in [-0.39, 0.29) is 17.0 Å². The van der Waals surface area contributed by atoms with Crippen LogP contribution < -0.4 is 5.32 Å². The first kappa shape index (κ1) is 18.3. The topological polar surface area (TPSA) is 38.3 Å². The molecule has 0 bridgehead atoms. The van der Waals surface area contributed by atoms with E-state index in [4.69, 9.17) is 4.74 Å². The number of hydrogen-bond donors (Lipinski definition) is 1. The molecule has 1 saturated heterocycles. The van der Waals surface area contributed by atoms with Crippen molar-refractivity contribution < 1.29 is 22.7 Å². The number of ether oxygens (including phenoxy) is 1. The summed E-state index contributed by atoms with van der Waals surface area (Å²) in [5.74, 6) is -0.382. The summed E-state index contributed by atoms with van der Waals surface area (Å²) in [5.41, 5.74) is 0.571. The molecule has 1 heterocycles. The number of hydrogen-bond acceptors (Lipinski definition) is 2. The Morgan fingerprint density at radius 2 is 1.46 bits per heavy atom. The fraction of sp³-hybridized carbons (Fsp3) is 0.136. The van der Waals surface area contributed by atoms with E-state index >= 15 is 0 Å². The van der Waals surface area contributed by atoms with Gasteiger partial charge in [-0.25, -0.2) is 0 Å². The third-order valence-corrected chi connectivity index (χ3v) is 4.63. The normalized spacial score (nSPS) is 19.5. The van der Waals surface area contributed by atoms with Crippen molar-refractivity contribution in [3.63, 3.8) is 0 Å². The van der Waals surface area contributed by atoms with Crippen LogP contribution >= 0.6 is 0 Å². The first-order chi connectivity index (χ1) is 13.4. The molecule has 2 unspecified atom stereocenters. The van der Waals surface area contributed by atoms with E-state index in [0.29, 0.717) is 11.1 Å². The molecular weight excluding hydrogens is 367 g/mol. The number of carbonyl (C=O) groups is 1. The molecule has 2 atom stereocenters. The number of nitrogens with one attached hydrogen (secondary N) is 1. The van der Waals surface area contributed by atoms with Gasteiger partial charge in [-0.3, -0.25) is 4.79 Å². The van der Waals surface area contributed by atoms with Crippen molar-refractivity contribution in [2.24, 2.45) is 0 Å². The van der Waals surface area contributed by atoms with Crippen molar-refractivity contribution >= 4 is 5.91 Å². The van der Waals surface area contributed by atoms with Gasteiger partial charge in [-0.1, -0.05) is 72.8 Å². The van der Waals surface area contributed by atoms with Crippen molar-refractivity contribution in [3.05, 3.63) is 95.6 Å². The zero-order valence-electron chi connectivity index (χ0n) is 14.6. The molecule has 4 rings (SSSR count). The summed E-state index contributed by atoms with van der Waals surface area (Å²) >= 11 is 0. The first-order valence-corrected chi connectivity index (χ1v) is 8.71. The minimum atomic E-state index is -4.54. The van der Waals surface area contributed by atoms with Gasteiger partial charge in [-0.15, -0.1) is 0 Å². The van der Waals surface area contributed by atoms with Gasteiger partial charge in [0.25, 0.3) is 5.91 Å². The molecule has 1 amide bonds. The van der Waals surface area contributed by atoms with E-state index < -0.39 is 24.1 Å². The highest BCUT2D eigenvalue weighted by Crippen LogP contribution is 2.43. The lowest BCUT2D eigenvalue weighted by molar-refractivity contribution is -0.137. The Balaban J connectivity index is 1.80. The number of benzene rings is 3. The van der Waals surface area contributed by atoms with E-state index in [2.05, 4.69) is 5.32 Å². The SMILES string of the molecule is O=C1NC(c2cccc(C(F)(F)F)c2-c2ccccc2)OC1c1ccccc1. The Bertz CT molecular complexity index is 988. The van der Waals surface area contributed by atoms with Gasteiger partial charge in [0, 0.05) is 11.1 Å². The van der Waals surface area contributed by atoms with E-state index in [1.54, 1.807) is 60.7 Å². The van der Waals surface area contributed by atoms with Crippen LogP contribution in [0.2, 0.25) is 0 Å². The number of halogens is 3. The van der Waals surface area contributed by atoms with Crippen LogP contribution in [0.25, 0.3) is 11.1 Å². The van der Waals surface area contributed by atoms with E-state index in [1.807, 2.05) is 6.07 Å². The maximum atomic E-state index is 13.7. The zero-order chi connectivity index (χ0) is 19.7. The fourth-order valence-electron chi connectivity index (χ4n) is 3.40. The quantitative estimate of drug-likeness (QED) is 0.670. The van der Waals surface area contributed by atoms with Crippen molar-refractivity contribution in [1.82, 2.24) is 5.32 Å². The van der Waals surface area contributed by atoms with Crippen molar-refractivity contribution in [2.45, 2.75) is 18.5 Å². The van der Waals surface area contributed by atoms with Gasteiger partial charge in [0.1, 0.15) is 0 Å². The minimum Gasteiger partial charge on any atom is -0.336 e. The molecule has 1 N–H and O–H groups in total. The summed E-state index contributed by atoms with van der Waals surface area (Å²) in [6, 6.07) is 21.1. The van der Waals surface area contributed by atoms with Crippen LogP contribution in [0.15, 0.2) is 78.9 Å². The molecule has 3 aromatic rings. The van der Waals surface area contributed by atoms with Crippen LogP contribution in [0.4, 0.5) is 13.2 Å². The third kappa shape index (κ3) is 3.39. The molecule has 1 aliphatic rings. The Morgan fingerprint density at radius 1 is 0.821 bits per heavy atom. The average molecular weight is 383 g/mol. The van der Waals surface area contributed by atoms with Crippen molar-refractivity contribution in [1.29, 1.82) is 0 Å². The summed E-state index contributed by atoms with van der Waals surface area (Å²) in [4.78, 5) is 12.4. The molecule has 28 heavy (non-hydrogen) atoms. The van der Waals surface area contributed by atoms with Crippen LogP contribution in [-0.2, 0) is 15.7 Å². The lowest BCUT2D eigenvalue weighted by Gasteiger charge is -2.21. The van der Waals surface area contributed by atoms with Crippen LogP contribution in [-0.4, -0.2) is 5.91 Å². The predicted octanol–water partition coefficient (Wildman–Crippen LogP) is 5.26. The van der Waals surface area contributed by atoms with E-state index in [1.165, 1.54) is 6.07 Å². The van der Waals surface area contributed by atoms with E-state index in [0.717, 1.165) is 6.07 Å². The lowest BCUT2D eigenvalue weighted by atomic mass is 9.93. The molecule has 0 saturated carbocycles. The molecular formula is C22H16F3NO2. The van der Waals surface area contributed by atoms with Crippen LogP contribution in [0.5, 0.6) is 0 Å². The minimum absolute atomic E-state index is 0.00890. The molecule has 0 aromatic heterocycles. The Morgan fingerprint density at radius 3 is 2.11 bits per heavy atom. The van der Waals surface area contributed by atoms with Crippen LogP contribution in [0.1, 0.15) is 29.0 Å². The lowest BCUT2D eigenvalue weighted by Crippen LogP contribution is -2.22. The zero-order valence-corrected chi connectivity index (χ0v) is 14.6. The second-order valence-electron chi connectivity index (χ2n) is 6.45. The van der Waals surface area contributed by atoms with Gasteiger partial charge in [0.15, 0.2) is 12.3 Å². The largest absolute Gasteiger partial charge is 0.417 e. The first-order valence-electron chi connectivity index (χ1n) is 8.71. The maximum Gasteiger partial charge on any atom is 0.417 e. The molecule has 142 valence electrons. The summed E-state index contributed by atoms with van der Waals surface area (Å²) in [6.07, 6.45) is -6.39. The van der Waals surface area contributed by atoms with Crippen LogP contribution in [0, 0.1) is 0 Å². The van der Waals surface area contributed by atoms with Gasteiger partial charge >= 0.3 is 6.18 Å². The molecule has 0 spiro atoms. The van der Waals surface area contributed by atoms with Gasteiger partial charge in [0.05, 0.1) is 5.56 Å². The summed E-state index contributed by atoms with van der Waals surface area (Å²) < 4.78 is 46.9. The highest BCUT2D eigenvalue weighted by Gasteiger charge is 2.39. The molecule has 0 radical (unpaired) electrons. The van der Waals surface area contributed by atoms with Gasteiger partial charge in [-0.05, 0) is 17.2 Å². The highest BCUT2D eigenvalue weighted by molar-refractivity contribution is 5.85. The summed E-state index contributed by atoms with van der Waals surface area (Å²) in [5, 5.41) is 2.68. The number of carbonyl (C=O) groups excluding carboxylic acids is 1. The van der Waals surface area contributed by atoms with Gasteiger partial charge < -0.3 is 10.1 Å². The smallest absolute Gasteiger partial charge is 0.336 e. The summed E-state index contributed by atoms with van der Waals surface area (Å²) in [7, 11) is 0. The second kappa shape index (κ2) is 7.13. The standard InChI is InChI=1S/C22H16F3NO2/c23-22(24,25)17-13-7-12-16(18(17)14-8-3-1-4-9-14)21-26-20(27)19(28-21)15-10-5-2-6-11-15/h1-13,19,21H,(H,26,27). The number of alkyl halides is 3. The Labute approximate surface area is 159 Å². The van der Waals surface area contributed by atoms with Gasteiger partial charge in [-0.2, -0.15) is 13.2 Å². The molecule has 3 aromatic carbocycles. The number of rotatable bonds is 3. The van der Waals surface area contributed by atoms with Gasteiger partial charge in [0.2, 0.25) is 0 Å². The van der Waals surface area contributed by atoms with E-state index in [9.17, 15) is 18.0 Å². The Kier molecular flexibility index (Phi) is 4.65. The molecule has 0 aliphatic carbocycles. The third-order valence-electron chi connectivity index (χ3n) is 4.63. The number of amides is 1. The fourth-order valence-corrected chi connectivity index (χ4v) is 3.40. The molecule has 1 aliphatic heterocycles. The monoisotopic (exact) mass is 383 g/mol. The predicted molar refractivity (Wildman–Crippen MR) is 98.0 cm³/mol. The average Bonchev–Trinajstić information content (AvgIpc) is 3.09. The summed E-state index contributed by atoms with van der Waals surface area (Å²) in [6.45, 7) is 0. The van der Waals surface area contributed by atoms with Crippen molar-refractivity contribution in [2.75, 3.05) is 0 Å². The van der Waals surface area contributed by atoms with Crippen molar-refractivity contribution in [3.8, 4) is 11.1 Å². The highest BCUT2D eigenvalue weighted by atomic mass is 19.4. The molecule has 3 nitrogen and oxygen atoms in total. The van der Waals surface area contributed by atoms with Crippen LogP contribution in [0.3, 0.4) is 0 Å². The molecule has 1 fully saturated rings.